The lowest BCUT2D eigenvalue weighted by Gasteiger charge is -2.33. The Balaban J connectivity index is 1.42. The quantitative estimate of drug-likeness (QED) is 0.448. The predicted molar refractivity (Wildman–Crippen MR) is 116 cm³/mol. The highest BCUT2D eigenvalue weighted by molar-refractivity contribution is 5.89. The third-order valence-corrected chi connectivity index (χ3v) is 5.24. The zero-order valence-electron chi connectivity index (χ0n) is 17.2. The SMILES string of the molecule is CN=C(NCc1ccc(C(=O)OC)cc1)NC1CCN(Cc2ccccc2)CC1. The highest BCUT2D eigenvalue weighted by atomic mass is 16.5. The van der Waals surface area contributed by atoms with Gasteiger partial charge in [-0.15, -0.1) is 0 Å². The van der Waals surface area contributed by atoms with Gasteiger partial charge >= 0.3 is 5.97 Å². The molecule has 0 spiro atoms. The molecule has 2 aromatic carbocycles. The number of methoxy groups -OCH3 is 1. The minimum atomic E-state index is -0.319. The van der Waals surface area contributed by atoms with Gasteiger partial charge in [-0.2, -0.15) is 0 Å². The van der Waals surface area contributed by atoms with Crippen LogP contribution in [0.5, 0.6) is 0 Å². The average molecular weight is 395 g/mol. The highest BCUT2D eigenvalue weighted by Gasteiger charge is 2.20. The Kier molecular flexibility index (Phi) is 7.64. The van der Waals surface area contributed by atoms with Crippen molar-refractivity contribution >= 4 is 11.9 Å². The number of aliphatic imine (C=N–C) groups is 1. The molecule has 29 heavy (non-hydrogen) atoms. The van der Waals surface area contributed by atoms with Gasteiger partial charge in [0.15, 0.2) is 5.96 Å². The number of ether oxygens (including phenoxy) is 1. The summed E-state index contributed by atoms with van der Waals surface area (Å²) < 4.78 is 4.73. The predicted octanol–water partition coefficient (Wildman–Crippen LogP) is 2.80. The minimum Gasteiger partial charge on any atom is -0.465 e. The maximum atomic E-state index is 11.5. The number of benzene rings is 2. The van der Waals surface area contributed by atoms with Gasteiger partial charge < -0.3 is 15.4 Å². The van der Waals surface area contributed by atoms with Crippen molar-refractivity contribution in [3.63, 3.8) is 0 Å². The van der Waals surface area contributed by atoms with Gasteiger partial charge in [0.25, 0.3) is 0 Å². The fraction of sp³-hybridized carbons (Fsp3) is 0.391. The van der Waals surface area contributed by atoms with Crippen molar-refractivity contribution in [1.82, 2.24) is 15.5 Å². The van der Waals surface area contributed by atoms with Crippen LogP contribution in [0.15, 0.2) is 59.6 Å². The topological polar surface area (TPSA) is 66.0 Å². The largest absolute Gasteiger partial charge is 0.465 e. The molecule has 0 aromatic heterocycles. The van der Waals surface area contributed by atoms with Crippen molar-refractivity contribution in [1.29, 1.82) is 0 Å². The molecule has 0 unspecified atom stereocenters. The van der Waals surface area contributed by atoms with Gasteiger partial charge in [-0.1, -0.05) is 42.5 Å². The Bertz CT molecular complexity index is 797. The molecule has 1 heterocycles. The van der Waals surface area contributed by atoms with Crippen molar-refractivity contribution < 1.29 is 9.53 Å². The third kappa shape index (κ3) is 6.32. The van der Waals surface area contributed by atoms with Gasteiger partial charge in [0.2, 0.25) is 0 Å². The van der Waals surface area contributed by atoms with Crippen LogP contribution in [0.4, 0.5) is 0 Å². The van der Waals surface area contributed by atoms with E-state index in [0.29, 0.717) is 18.2 Å². The molecule has 1 aliphatic rings. The molecule has 2 N–H and O–H groups in total. The summed E-state index contributed by atoms with van der Waals surface area (Å²) in [6.45, 7) is 3.83. The molecule has 3 rings (SSSR count). The van der Waals surface area contributed by atoms with Crippen LogP contribution < -0.4 is 10.6 Å². The van der Waals surface area contributed by atoms with E-state index in [1.165, 1.54) is 12.7 Å². The van der Waals surface area contributed by atoms with E-state index in [4.69, 9.17) is 4.74 Å². The van der Waals surface area contributed by atoms with E-state index in [2.05, 4.69) is 50.9 Å². The number of carbonyl (C=O) groups excluding carboxylic acids is 1. The summed E-state index contributed by atoms with van der Waals surface area (Å²) >= 11 is 0. The molecule has 0 radical (unpaired) electrons. The van der Waals surface area contributed by atoms with Gasteiger partial charge in [0.05, 0.1) is 12.7 Å². The monoisotopic (exact) mass is 394 g/mol. The second-order valence-corrected chi connectivity index (χ2v) is 7.29. The fourth-order valence-electron chi connectivity index (χ4n) is 3.53. The second-order valence-electron chi connectivity index (χ2n) is 7.29. The standard InChI is InChI=1S/C23H30N4O2/c1-24-23(25-16-18-8-10-20(11-9-18)22(28)29-2)26-21-12-14-27(15-13-21)17-19-6-4-3-5-7-19/h3-11,21H,12-17H2,1-2H3,(H2,24,25,26). The molecule has 6 nitrogen and oxygen atoms in total. The number of hydrogen-bond donors (Lipinski definition) is 2. The summed E-state index contributed by atoms with van der Waals surface area (Å²) in [5.74, 6) is 0.490. The van der Waals surface area contributed by atoms with E-state index in [-0.39, 0.29) is 5.97 Å². The number of piperidine rings is 1. The Morgan fingerprint density at radius 3 is 2.38 bits per heavy atom. The van der Waals surface area contributed by atoms with Crippen LogP contribution in [0.25, 0.3) is 0 Å². The van der Waals surface area contributed by atoms with Crippen LogP contribution in [0.2, 0.25) is 0 Å². The second kappa shape index (κ2) is 10.6. The van der Waals surface area contributed by atoms with Crippen LogP contribution in [0.3, 0.4) is 0 Å². The number of rotatable bonds is 6. The molecule has 0 saturated carbocycles. The van der Waals surface area contributed by atoms with Crippen LogP contribution >= 0.6 is 0 Å². The first-order chi connectivity index (χ1) is 14.2. The third-order valence-electron chi connectivity index (χ3n) is 5.24. The smallest absolute Gasteiger partial charge is 0.337 e. The Labute approximate surface area is 173 Å². The molecular formula is C23H30N4O2. The molecular weight excluding hydrogens is 364 g/mol. The molecule has 6 heteroatoms. The number of likely N-dealkylation sites (tertiary alicyclic amines) is 1. The molecule has 1 fully saturated rings. The van der Waals surface area contributed by atoms with Crippen molar-refractivity contribution in [3.05, 3.63) is 71.3 Å². The molecule has 1 saturated heterocycles. The van der Waals surface area contributed by atoms with E-state index >= 15 is 0 Å². The summed E-state index contributed by atoms with van der Waals surface area (Å²) in [7, 11) is 3.18. The van der Waals surface area contributed by atoms with Crippen molar-refractivity contribution in [2.24, 2.45) is 4.99 Å². The summed E-state index contributed by atoms with van der Waals surface area (Å²) in [4.78, 5) is 18.4. The van der Waals surface area contributed by atoms with Crippen LogP contribution in [0.1, 0.15) is 34.3 Å². The fourth-order valence-corrected chi connectivity index (χ4v) is 3.53. The van der Waals surface area contributed by atoms with E-state index < -0.39 is 0 Å². The molecule has 1 aliphatic heterocycles. The zero-order chi connectivity index (χ0) is 20.5. The number of esters is 1. The molecule has 0 bridgehead atoms. The molecule has 0 amide bonds. The number of guanidine groups is 1. The number of nitrogens with zero attached hydrogens (tertiary/aromatic N) is 2. The van der Waals surface area contributed by atoms with Crippen LogP contribution in [-0.2, 0) is 17.8 Å². The van der Waals surface area contributed by atoms with Gasteiger partial charge in [-0.05, 0) is 36.1 Å². The first-order valence-corrected chi connectivity index (χ1v) is 10.1. The number of hydrogen-bond acceptors (Lipinski definition) is 4. The first kappa shape index (κ1) is 20.9. The van der Waals surface area contributed by atoms with Gasteiger partial charge in [-0.25, -0.2) is 4.79 Å². The summed E-state index contributed by atoms with van der Waals surface area (Å²) in [6.07, 6.45) is 2.20. The lowest BCUT2D eigenvalue weighted by atomic mass is 10.0. The zero-order valence-corrected chi connectivity index (χ0v) is 17.2. The summed E-state index contributed by atoms with van der Waals surface area (Å²) in [6, 6.07) is 18.5. The maximum Gasteiger partial charge on any atom is 0.337 e. The lowest BCUT2D eigenvalue weighted by Crippen LogP contribution is -2.48. The summed E-state index contributed by atoms with van der Waals surface area (Å²) in [5.41, 5.74) is 3.01. The van der Waals surface area contributed by atoms with Gasteiger partial charge in [-0.3, -0.25) is 9.89 Å². The van der Waals surface area contributed by atoms with Crippen molar-refractivity contribution in [2.75, 3.05) is 27.2 Å². The first-order valence-electron chi connectivity index (χ1n) is 10.1. The average Bonchev–Trinajstić information content (AvgIpc) is 2.78. The highest BCUT2D eigenvalue weighted by Crippen LogP contribution is 2.14. The van der Waals surface area contributed by atoms with Gasteiger partial charge in [0.1, 0.15) is 0 Å². The van der Waals surface area contributed by atoms with E-state index in [1.54, 1.807) is 19.2 Å². The summed E-state index contributed by atoms with van der Waals surface area (Å²) in [5, 5.41) is 6.89. The van der Waals surface area contributed by atoms with E-state index in [1.807, 2.05) is 12.1 Å². The number of nitrogens with one attached hydrogen (secondary N) is 2. The van der Waals surface area contributed by atoms with E-state index in [0.717, 1.165) is 44.0 Å². The normalized spacial score (nSPS) is 15.7. The minimum absolute atomic E-state index is 0.319. The molecule has 0 aliphatic carbocycles. The van der Waals surface area contributed by atoms with E-state index in [9.17, 15) is 4.79 Å². The van der Waals surface area contributed by atoms with Crippen molar-refractivity contribution in [3.8, 4) is 0 Å². The Morgan fingerprint density at radius 1 is 1.07 bits per heavy atom. The molecule has 2 aromatic rings. The van der Waals surface area contributed by atoms with Gasteiger partial charge in [0, 0.05) is 39.3 Å². The Morgan fingerprint density at radius 2 is 1.76 bits per heavy atom. The Hall–Kier alpha value is -2.86. The van der Waals surface area contributed by atoms with Crippen LogP contribution in [-0.4, -0.2) is 50.1 Å². The van der Waals surface area contributed by atoms with Crippen molar-refractivity contribution in [2.45, 2.75) is 32.0 Å². The maximum absolute atomic E-state index is 11.5. The molecule has 0 atom stereocenters. The van der Waals surface area contributed by atoms with Crippen LogP contribution in [0, 0.1) is 0 Å². The number of carbonyl (C=O) groups is 1. The molecule has 154 valence electrons. The lowest BCUT2D eigenvalue weighted by molar-refractivity contribution is 0.0600.